The van der Waals surface area contributed by atoms with Gasteiger partial charge in [0.25, 0.3) is 5.91 Å². The van der Waals surface area contributed by atoms with Gasteiger partial charge in [-0.1, -0.05) is 18.2 Å². The second-order valence-electron chi connectivity index (χ2n) is 9.07. The molecule has 1 N–H and O–H groups in total. The molecule has 36 heavy (non-hydrogen) atoms. The van der Waals surface area contributed by atoms with E-state index in [1.54, 1.807) is 4.90 Å². The third kappa shape index (κ3) is 3.54. The molecule has 1 atom stereocenters. The minimum absolute atomic E-state index is 0.121. The van der Waals surface area contributed by atoms with Crippen molar-refractivity contribution in [2.45, 2.75) is 36.0 Å². The minimum atomic E-state index is -0.974. The number of ether oxygens (including phenoxy) is 1. The quantitative estimate of drug-likeness (QED) is 0.489. The lowest BCUT2D eigenvalue weighted by Gasteiger charge is -2.44. The van der Waals surface area contributed by atoms with E-state index in [9.17, 15) is 19.1 Å². The first-order chi connectivity index (χ1) is 17.5. The van der Waals surface area contributed by atoms with E-state index in [-0.39, 0.29) is 29.4 Å². The van der Waals surface area contributed by atoms with Gasteiger partial charge in [-0.25, -0.2) is 8.78 Å². The highest BCUT2D eigenvalue weighted by molar-refractivity contribution is 7.98. The average Bonchev–Trinajstić information content (AvgIpc) is 3.04. The predicted molar refractivity (Wildman–Crippen MR) is 130 cm³/mol. The van der Waals surface area contributed by atoms with Gasteiger partial charge in [-0.15, -0.1) is 11.8 Å². The van der Waals surface area contributed by atoms with E-state index in [0.717, 1.165) is 22.9 Å². The van der Waals surface area contributed by atoms with E-state index in [1.165, 1.54) is 28.7 Å². The van der Waals surface area contributed by atoms with Crippen LogP contribution in [0, 0.1) is 11.6 Å². The molecule has 3 aliphatic rings. The number of carbonyl (C=O) groups excluding carboxylic acids is 1. The molecule has 3 aliphatic heterocycles. The molecule has 0 spiro atoms. The zero-order valence-corrected chi connectivity index (χ0v) is 20.1. The van der Waals surface area contributed by atoms with Gasteiger partial charge < -0.3 is 14.7 Å². The van der Waals surface area contributed by atoms with Crippen LogP contribution in [-0.2, 0) is 5.75 Å². The minimum Gasteiger partial charge on any atom is -0.502 e. The van der Waals surface area contributed by atoms with E-state index >= 15 is 4.39 Å². The number of carbonyl (C=O) groups is 1. The molecule has 186 valence electrons. The van der Waals surface area contributed by atoms with Crippen LogP contribution < -0.4 is 15.2 Å². The van der Waals surface area contributed by atoms with Gasteiger partial charge in [-0.3, -0.25) is 19.3 Å². The largest absolute Gasteiger partial charge is 0.502 e. The molecule has 2 aromatic carbocycles. The van der Waals surface area contributed by atoms with Crippen molar-refractivity contribution in [3.63, 3.8) is 0 Å². The number of rotatable bonds is 0. The number of fused-ring (bicyclic) bond motifs is 7. The van der Waals surface area contributed by atoms with Crippen molar-refractivity contribution < 1.29 is 23.4 Å². The van der Waals surface area contributed by atoms with Gasteiger partial charge in [0.15, 0.2) is 23.1 Å². The number of pyridine rings is 1. The van der Waals surface area contributed by atoms with Crippen LogP contribution in [0.5, 0.6) is 11.5 Å². The summed E-state index contributed by atoms with van der Waals surface area (Å²) in [6.07, 6.45) is 3.56. The molecular weight excluding hydrogens is 488 g/mol. The van der Waals surface area contributed by atoms with E-state index in [0.29, 0.717) is 31.6 Å². The SMILES string of the molecule is O=C1c2c(O)c(=O)ccn2N2CN1CCCCCOc1cc(F)c(F)c3c1[C@@H]2c1ccccc1SC3. The maximum Gasteiger partial charge on any atom is 0.277 e. The lowest BCUT2D eigenvalue weighted by Crippen LogP contribution is -2.55. The summed E-state index contributed by atoms with van der Waals surface area (Å²) in [5.74, 6) is -2.54. The van der Waals surface area contributed by atoms with Gasteiger partial charge in [-0.2, -0.15) is 0 Å². The molecule has 3 aromatic rings. The summed E-state index contributed by atoms with van der Waals surface area (Å²) in [5, 5.41) is 12.5. The number of amides is 1. The summed E-state index contributed by atoms with van der Waals surface area (Å²) in [6.45, 7) is 0.866. The Balaban J connectivity index is 1.69. The van der Waals surface area contributed by atoms with Gasteiger partial charge in [0.1, 0.15) is 18.5 Å². The van der Waals surface area contributed by atoms with Crippen LogP contribution in [0.3, 0.4) is 0 Å². The van der Waals surface area contributed by atoms with Crippen LogP contribution in [0.4, 0.5) is 8.78 Å². The number of hydrogen-bond donors (Lipinski definition) is 1. The second kappa shape index (κ2) is 8.85. The van der Waals surface area contributed by atoms with Crippen LogP contribution in [0.2, 0.25) is 0 Å². The van der Waals surface area contributed by atoms with Crippen LogP contribution in [-0.4, -0.2) is 40.4 Å². The number of aromatic hydroxyl groups is 1. The normalized spacial score (nSPS) is 19.2. The third-order valence-corrected chi connectivity index (χ3v) is 8.06. The molecule has 7 nitrogen and oxygen atoms in total. The molecule has 10 heteroatoms. The van der Waals surface area contributed by atoms with Gasteiger partial charge in [0.2, 0.25) is 5.43 Å². The Morgan fingerprint density at radius 2 is 1.92 bits per heavy atom. The van der Waals surface area contributed by atoms with E-state index in [2.05, 4.69) is 0 Å². The second-order valence-corrected chi connectivity index (χ2v) is 10.1. The van der Waals surface area contributed by atoms with Crippen molar-refractivity contribution in [1.82, 2.24) is 9.58 Å². The van der Waals surface area contributed by atoms with Crippen molar-refractivity contribution in [3.05, 3.63) is 86.8 Å². The molecule has 0 saturated carbocycles. The molecule has 0 fully saturated rings. The fraction of sp³-hybridized carbons (Fsp3) is 0.308. The Hall–Kier alpha value is -3.53. The number of benzene rings is 2. The summed E-state index contributed by atoms with van der Waals surface area (Å²) in [7, 11) is 0. The molecule has 0 unspecified atom stereocenters. The lowest BCUT2D eigenvalue weighted by molar-refractivity contribution is 0.0674. The highest BCUT2D eigenvalue weighted by atomic mass is 32.2. The van der Waals surface area contributed by atoms with Crippen molar-refractivity contribution in [3.8, 4) is 11.5 Å². The van der Waals surface area contributed by atoms with E-state index in [1.807, 2.05) is 29.3 Å². The topological polar surface area (TPSA) is 75.0 Å². The smallest absolute Gasteiger partial charge is 0.277 e. The fourth-order valence-corrected chi connectivity index (χ4v) is 6.31. The summed E-state index contributed by atoms with van der Waals surface area (Å²) in [6, 6.07) is 9.20. The summed E-state index contributed by atoms with van der Waals surface area (Å²) >= 11 is 1.40. The Kier molecular flexibility index (Phi) is 5.63. The maximum absolute atomic E-state index is 15.3. The number of thioether (sulfide) groups is 1. The number of halogens is 2. The van der Waals surface area contributed by atoms with Crippen LogP contribution >= 0.6 is 11.8 Å². The monoisotopic (exact) mass is 511 g/mol. The standard InChI is InChI=1S/C26H23F2N3O4S/c27-17-12-19-21-16(22(17)28)13-36-20-7-3-2-6-15(20)23(21)31-14-29(9-4-1-5-11-35-19)26(34)24-25(33)18(32)8-10-30(24)31/h2-3,6-8,10,12,23,33H,1,4-5,9,11,13-14H2/t23-/m0/s1. The first kappa shape index (κ1) is 22.9. The average molecular weight is 512 g/mol. The molecule has 0 saturated heterocycles. The van der Waals surface area contributed by atoms with Gasteiger partial charge >= 0.3 is 0 Å². The molecule has 2 bridgehead atoms. The van der Waals surface area contributed by atoms with Crippen molar-refractivity contribution >= 4 is 17.7 Å². The molecule has 1 amide bonds. The van der Waals surface area contributed by atoms with E-state index in [4.69, 9.17) is 4.74 Å². The molecule has 1 aromatic heterocycles. The Bertz CT molecular complexity index is 1440. The van der Waals surface area contributed by atoms with Crippen molar-refractivity contribution in [1.29, 1.82) is 0 Å². The first-order valence-electron chi connectivity index (χ1n) is 11.8. The zero-order chi connectivity index (χ0) is 25.0. The van der Waals surface area contributed by atoms with Crippen LogP contribution in [0.25, 0.3) is 0 Å². The van der Waals surface area contributed by atoms with Crippen molar-refractivity contribution in [2.75, 3.05) is 24.8 Å². The highest BCUT2D eigenvalue weighted by Crippen LogP contribution is 2.47. The molecule has 0 radical (unpaired) electrons. The number of aromatic nitrogens is 1. The lowest BCUT2D eigenvalue weighted by atomic mass is 9.92. The van der Waals surface area contributed by atoms with Crippen LogP contribution in [0.1, 0.15) is 52.5 Å². The van der Waals surface area contributed by atoms with Gasteiger partial charge in [0, 0.05) is 46.6 Å². The Morgan fingerprint density at radius 3 is 2.78 bits per heavy atom. The molecule has 6 rings (SSSR count). The number of hydrogen-bond acceptors (Lipinski definition) is 6. The van der Waals surface area contributed by atoms with E-state index < -0.39 is 34.8 Å². The van der Waals surface area contributed by atoms with Gasteiger partial charge in [0.05, 0.1) is 6.61 Å². The summed E-state index contributed by atoms with van der Waals surface area (Å²) in [5.41, 5.74) is 0.695. The predicted octanol–water partition coefficient (Wildman–Crippen LogP) is 4.14. The van der Waals surface area contributed by atoms with Gasteiger partial charge in [-0.05, 0) is 30.9 Å². The Labute approximate surface area is 209 Å². The maximum atomic E-state index is 15.3. The summed E-state index contributed by atoms with van der Waals surface area (Å²) < 4.78 is 37.6. The third-order valence-electron chi connectivity index (χ3n) is 6.95. The first-order valence-corrected chi connectivity index (χ1v) is 12.8. The zero-order valence-electron chi connectivity index (χ0n) is 19.2. The van der Waals surface area contributed by atoms with Crippen LogP contribution in [0.15, 0.2) is 52.3 Å². The fourth-order valence-electron chi connectivity index (χ4n) is 5.21. The summed E-state index contributed by atoms with van der Waals surface area (Å²) in [4.78, 5) is 28.2. The molecular formula is C26H23F2N3O4S. The Morgan fingerprint density at radius 1 is 1.08 bits per heavy atom. The van der Waals surface area contributed by atoms with Crippen molar-refractivity contribution in [2.24, 2.45) is 0 Å². The highest BCUT2D eigenvalue weighted by Gasteiger charge is 2.41. The number of nitrogens with zero attached hydrogens (tertiary/aromatic N) is 3. The molecule has 0 aliphatic carbocycles. The molecule has 4 heterocycles.